The van der Waals surface area contributed by atoms with Crippen molar-refractivity contribution in [1.82, 2.24) is 0 Å². The summed E-state index contributed by atoms with van der Waals surface area (Å²) in [6, 6.07) is -0.444. The maximum atomic E-state index is 10.2. The fraction of sp³-hybridized carbons (Fsp3) is 0.800. The smallest absolute Gasteiger partial charge is 0.234 e. The summed E-state index contributed by atoms with van der Waals surface area (Å²) in [6.45, 7) is 1.96. The second-order valence-electron chi connectivity index (χ2n) is 1.80. The Hall–Kier alpha value is -0.570. The first kappa shape index (κ1) is 7.43. The van der Waals surface area contributed by atoms with Gasteiger partial charge in [0.2, 0.25) is 5.91 Å². The third-order valence-electron chi connectivity index (χ3n) is 0.965. The first-order valence-corrected chi connectivity index (χ1v) is 2.73. The molecule has 0 radical (unpaired) electrons. The molecule has 1 amide bonds. The molecule has 0 aliphatic carbocycles. The molecule has 8 heavy (non-hydrogen) atoms. The molecule has 0 aromatic rings. The summed E-state index contributed by atoms with van der Waals surface area (Å²) < 4.78 is 0. The van der Waals surface area contributed by atoms with Crippen LogP contribution in [0.1, 0.15) is 19.8 Å². The Morgan fingerprint density at radius 3 is 2.38 bits per heavy atom. The quantitative estimate of drug-likeness (QED) is 0.526. The average molecular weight is 116 g/mol. The van der Waals surface area contributed by atoms with Crippen molar-refractivity contribution >= 4 is 5.91 Å². The van der Waals surface area contributed by atoms with Crippen LogP contribution < -0.4 is 11.5 Å². The third kappa shape index (κ3) is 2.58. The third-order valence-corrected chi connectivity index (χ3v) is 0.965. The van der Waals surface area contributed by atoms with Crippen LogP contribution in [-0.2, 0) is 4.79 Å². The highest BCUT2D eigenvalue weighted by molar-refractivity contribution is 5.79. The lowest BCUT2D eigenvalue weighted by molar-refractivity contribution is -0.119. The highest BCUT2D eigenvalue weighted by Gasteiger charge is 2.05. The van der Waals surface area contributed by atoms with E-state index in [0.29, 0.717) is 6.42 Å². The minimum Gasteiger partial charge on any atom is -0.368 e. The Kier molecular flexibility index (Phi) is 3.19. The van der Waals surface area contributed by atoms with Gasteiger partial charge < -0.3 is 11.5 Å². The molecule has 1 unspecified atom stereocenters. The standard InChI is InChI=1S/C5H12N2O/c1-2-3-4(6)5(7)8/h4H,2-3,6H2,1H3,(H2,7,8). The molecule has 0 spiro atoms. The summed E-state index contributed by atoms with van der Waals surface area (Å²) in [5.74, 6) is -0.410. The van der Waals surface area contributed by atoms with Crippen molar-refractivity contribution in [3.63, 3.8) is 0 Å². The number of carbonyl (C=O) groups excluding carboxylic acids is 1. The van der Waals surface area contributed by atoms with E-state index in [9.17, 15) is 4.79 Å². The summed E-state index contributed by atoms with van der Waals surface area (Å²) in [5, 5.41) is 0. The molecule has 0 aromatic carbocycles. The predicted molar refractivity (Wildman–Crippen MR) is 32.1 cm³/mol. The van der Waals surface area contributed by atoms with Gasteiger partial charge in [0.25, 0.3) is 0 Å². The van der Waals surface area contributed by atoms with Crippen molar-refractivity contribution in [1.29, 1.82) is 0 Å². The van der Waals surface area contributed by atoms with Crippen molar-refractivity contribution in [2.24, 2.45) is 11.5 Å². The van der Waals surface area contributed by atoms with E-state index in [1.54, 1.807) is 0 Å². The number of amides is 1. The van der Waals surface area contributed by atoms with Gasteiger partial charge in [-0.2, -0.15) is 0 Å². The van der Waals surface area contributed by atoms with Gasteiger partial charge in [-0.3, -0.25) is 4.79 Å². The van der Waals surface area contributed by atoms with Crippen LogP contribution in [0.4, 0.5) is 0 Å². The molecular weight excluding hydrogens is 104 g/mol. The van der Waals surface area contributed by atoms with Crippen molar-refractivity contribution < 1.29 is 4.79 Å². The molecule has 48 valence electrons. The van der Waals surface area contributed by atoms with Gasteiger partial charge in [-0.1, -0.05) is 13.3 Å². The second kappa shape index (κ2) is 3.43. The van der Waals surface area contributed by atoms with Crippen LogP contribution in [0.2, 0.25) is 0 Å². The van der Waals surface area contributed by atoms with E-state index in [-0.39, 0.29) is 0 Å². The molecule has 0 fully saturated rings. The van der Waals surface area contributed by atoms with Crippen LogP contribution in [0.25, 0.3) is 0 Å². The van der Waals surface area contributed by atoms with Gasteiger partial charge in [-0.25, -0.2) is 0 Å². The maximum Gasteiger partial charge on any atom is 0.234 e. The monoisotopic (exact) mass is 116 g/mol. The lowest BCUT2D eigenvalue weighted by Crippen LogP contribution is -2.35. The number of carbonyl (C=O) groups is 1. The van der Waals surface area contributed by atoms with Crippen LogP contribution in [0.3, 0.4) is 0 Å². The van der Waals surface area contributed by atoms with Crippen LogP contribution in [0.5, 0.6) is 0 Å². The van der Waals surface area contributed by atoms with E-state index in [1.807, 2.05) is 6.92 Å². The molecule has 0 saturated carbocycles. The zero-order chi connectivity index (χ0) is 6.57. The molecule has 0 bridgehead atoms. The fourth-order valence-electron chi connectivity index (χ4n) is 0.453. The molecule has 3 heteroatoms. The van der Waals surface area contributed by atoms with E-state index in [0.717, 1.165) is 6.42 Å². The van der Waals surface area contributed by atoms with Gasteiger partial charge in [0.1, 0.15) is 0 Å². The van der Waals surface area contributed by atoms with Crippen molar-refractivity contribution in [2.75, 3.05) is 0 Å². The first-order valence-electron chi connectivity index (χ1n) is 2.73. The lowest BCUT2D eigenvalue weighted by atomic mass is 10.2. The zero-order valence-corrected chi connectivity index (χ0v) is 5.05. The Morgan fingerprint density at radius 2 is 2.25 bits per heavy atom. The summed E-state index contributed by atoms with van der Waals surface area (Å²) in [7, 11) is 0. The molecule has 3 nitrogen and oxygen atoms in total. The number of nitrogens with two attached hydrogens (primary N) is 2. The Bertz CT molecular complexity index is 82.5. The maximum absolute atomic E-state index is 10.2. The topological polar surface area (TPSA) is 69.1 Å². The number of primary amides is 1. The van der Waals surface area contributed by atoms with Gasteiger partial charge in [-0.05, 0) is 6.42 Å². The highest BCUT2D eigenvalue weighted by Crippen LogP contribution is 1.89. The molecule has 0 aromatic heterocycles. The van der Waals surface area contributed by atoms with Crippen LogP contribution >= 0.6 is 0 Å². The number of rotatable bonds is 3. The summed E-state index contributed by atoms with van der Waals surface area (Å²) >= 11 is 0. The second-order valence-corrected chi connectivity index (χ2v) is 1.80. The van der Waals surface area contributed by atoms with Gasteiger partial charge in [0, 0.05) is 0 Å². The van der Waals surface area contributed by atoms with E-state index in [1.165, 1.54) is 0 Å². The molecule has 4 N–H and O–H groups in total. The van der Waals surface area contributed by atoms with Gasteiger partial charge in [0.15, 0.2) is 0 Å². The molecule has 0 saturated heterocycles. The van der Waals surface area contributed by atoms with Crippen molar-refractivity contribution in [3.8, 4) is 0 Å². The average Bonchev–Trinajstić information content (AvgIpc) is 1.67. The Balaban J connectivity index is 3.32. The normalized spacial score (nSPS) is 13.2. The molecule has 0 aliphatic rings. The summed E-state index contributed by atoms with van der Waals surface area (Å²) in [5.41, 5.74) is 10.1. The molecule has 0 heterocycles. The molecular formula is C5H12N2O. The zero-order valence-electron chi connectivity index (χ0n) is 5.05. The fourth-order valence-corrected chi connectivity index (χ4v) is 0.453. The summed E-state index contributed by atoms with van der Waals surface area (Å²) in [6.07, 6.45) is 1.60. The van der Waals surface area contributed by atoms with Gasteiger partial charge >= 0.3 is 0 Å². The van der Waals surface area contributed by atoms with Crippen LogP contribution in [-0.4, -0.2) is 11.9 Å². The van der Waals surface area contributed by atoms with Gasteiger partial charge in [-0.15, -0.1) is 0 Å². The minimum absolute atomic E-state index is 0.410. The Morgan fingerprint density at radius 1 is 1.75 bits per heavy atom. The molecule has 0 aliphatic heterocycles. The summed E-state index contributed by atoms with van der Waals surface area (Å²) in [4.78, 5) is 10.2. The minimum atomic E-state index is -0.444. The van der Waals surface area contributed by atoms with E-state index >= 15 is 0 Å². The molecule has 0 rings (SSSR count). The van der Waals surface area contributed by atoms with Crippen LogP contribution in [0.15, 0.2) is 0 Å². The largest absolute Gasteiger partial charge is 0.368 e. The lowest BCUT2D eigenvalue weighted by Gasteiger charge is -2.01. The predicted octanol–water partition coefficient (Wildman–Crippen LogP) is -0.401. The van der Waals surface area contributed by atoms with E-state index in [2.05, 4.69) is 0 Å². The number of hydrogen-bond acceptors (Lipinski definition) is 2. The van der Waals surface area contributed by atoms with Crippen LogP contribution in [0, 0.1) is 0 Å². The molecule has 1 atom stereocenters. The number of hydrogen-bond donors (Lipinski definition) is 2. The van der Waals surface area contributed by atoms with Crippen molar-refractivity contribution in [3.05, 3.63) is 0 Å². The van der Waals surface area contributed by atoms with E-state index in [4.69, 9.17) is 11.5 Å². The SMILES string of the molecule is CCCC(N)C(N)=O. The first-order chi connectivity index (χ1) is 3.68. The Labute approximate surface area is 49.0 Å². The highest BCUT2D eigenvalue weighted by atomic mass is 16.1. The van der Waals surface area contributed by atoms with Crippen molar-refractivity contribution in [2.45, 2.75) is 25.8 Å². The van der Waals surface area contributed by atoms with E-state index < -0.39 is 11.9 Å². The van der Waals surface area contributed by atoms with Gasteiger partial charge in [0.05, 0.1) is 6.04 Å².